The first-order valence-corrected chi connectivity index (χ1v) is 6.88. The summed E-state index contributed by atoms with van der Waals surface area (Å²) in [6, 6.07) is 12.5. The quantitative estimate of drug-likeness (QED) is 0.887. The number of nitrogens with two attached hydrogens (primary N) is 1. The number of benzene rings is 2. The molecule has 112 valence electrons. The number of rotatable bonds is 5. The van der Waals surface area contributed by atoms with Crippen LogP contribution in [0.4, 0.5) is 10.1 Å². The van der Waals surface area contributed by atoms with Gasteiger partial charge in [-0.25, -0.2) is 4.39 Å². The zero-order valence-corrected chi connectivity index (χ0v) is 12.3. The summed E-state index contributed by atoms with van der Waals surface area (Å²) in [5.74, 6) is -1.15. The fraction of sp³-hybridized carbons (Fsp3) is 0.125. The van der Waals surface area contributed by atoms with Gasteiger partial charge in [0.15, 0.2) is 0 Å². The lowest BCUT2D eigenvalue weighted by atomic mass is 10.0. The average molecular weight is 318 g/mol. The first-order chi connectivity index (χ1) is 10.5. The lowest BCUT2D eigenvalue weighted by Gasteiger charge is -2.20. The van der Waals surface area contributed by atoms with E-state index in [1.165, 1.54) is 12.1 Å². The van der Waals surface area contributed by atoms with Crippen LogP contribution in [0.2, 0.25) is 5.02 Å². The Morgan fingerprint density at radius 1 is 1.36 bits per heavy atom. The molecule has 2 aromatic carbocycles. The lowest BCUT2D eigenvalue weighted by molar-refractivity contribution is -0.118. The molecule has 0 aliphatic rings. The molecule has 0 spiro atoms. The van der Waals surface area contributed by atoms with Crippen LogP contribution in [0.5, 0.6) is 0 Å². The van der Waals surface area contributed by atoms with Crippen LogP contribution in [0.15, 0.2) is 42.5 Å². The van der Waals surface area contributed by atoms with E-state index in [4.69, 9.17) is 22.6 Å². The Morgan fingerprint density at radius 2 is 2.09 bits per heavy atom. The van der Waals surface area contributed by atoms with Gasteiger partial charge >= 0.3 is 0 Å². The van der Waals surface area contributed by atoms with Crippen LogP contribution in [0, 0.1) is 17.1 Å². The first kappa shape index (κ1) is 15.8. The van der Waals surface area contributed by atoms with Crippen LogP contribution in [-0.4, -0.2) is 5.91 Å². The molecule has 2 rings (SSSR count). The molecule has 0 radical (unpaired) electrons. The van der Waals surface area contributed by atoms with Gasteiger partial charge < -0.3 is 11.1 Å². The third-order valence-electron chi connectivity index (χ3n) is 3.11. The zero-order chi connectivity index (χ0) is 16.1. The Balaban J connectivity index is 2.38. The van der Waals surface area contributed by atoms with Gasteiger partial charge in [-0.1, -0.05) is 29.8 Å². The second-order valence-corrected chi connectivity index (χ2v) is 5.13. The number of carbonyl (C=O) groups excluding carboxylic acids is 1. The van der Waals surface area contributed by atoms with E-state index < -0.39 is 17.8 Å². The van der Waals surface area contributed by atoms with Crippen LogP contribution >= 0.6 is 11.6 Å². The molecule has 1 atom stereocenters. The van der Waals surface area contributed by atoms with E-state index in [1.54, 1.807) is 36.4 Å². The summed E-state index contributed by atoms with van der Waals surface area (Å²) in [6.45, 7) is 0. The highest BCUT2D eigenvalue weighted by molar-refractivity contribution is 6.30. The second-order valence-electron chi connectivity index (χ2n) is 4.70. The number of amides is 1. The normalized spacial score (nSPS) is 11.5. The molecular weight excluding hydrogens is 305 g/mol. The van der Waals surface area contributed by atoms with Gasteiger partial charge in [-0.15, -0.1) is 0 Å². The molecular formula is C16H13ClFN3O. The van der Waals surface area contributed by atoms with Crippen molar-refractivity contribution in [3.05, 3.63) is 64.4 Å². The Kier molecular flexibility index (Phi) is 4.97. The smallest absolute Gasteiger partial charge is 0.219 e. The van der Waals surface area contributed by atoms with Gasteiger partial charge in [-0.3, -0.25) is 4.79 Å². The molecule has 2 aromatic rings. The van der Waals surface area contributed by atoms with Gasteiger partial charge in [0.05, 0.1) is 18.2 Å². The molecule has 6 heteroatoms. The number of nitriles is 1. The maximum absolute atomic E-state index is 13.7. The number of hydrogen-bond donors (Lipinski definition) is 2. The van der Waals surface area contributed by atoms with Crippen LogP contribution in [0.25, 0.3) is 0 Å². The summed E-state index contributed by atoms with van der Waals surface area (Å²) in [5.41, 5.74) is 6.18. The molecule has 0 saturated heterocycles. The van der Waals surface area contributed by atoms with E-state index in [0.717, 1.165) is 5.56 Å². The van der Waals surface area contributed by atoms with Crippen LogP contribution < -0.4 is 11.1 Å². The Hall–Kier alpha value is -2.58. The molecule has 0 unspecified atom stereocenters. The summed E-state index contributed by atoms with van der Waals surface area (Å²) in [4.78, 5) is 11.3. The fourth-order valence-corrected chi connectivity index (χ4v) is 2.32. The SMILES string of the molecule is N#Cc1c(F)cccc1N[C@H](CC(N)=O)c1cccc(Cl)c1. The van der Waals surface area contributed by atoms with Crippen molar-refractivity contribution in [2.45, 2.75) is 12.5 Å². The summed E-state index contributed by atoms with van der Waals surface area (Å²) in [5, 5.41) is 12.6. The van der Waals surface area contributed by atoms with Crippen molar-refractivity contribution in [2.24, 2.45) is 5.73 Å². The Morgan fingerprint density at radius 3 is 2.73 bits per heavy atom. The summed E-state index contributed by atoms with van der Waals surface area (Å²) in [7, 11) is 0. The summed E-state index contributed by atoms with van der Waals surface area (Å²) < 4.78 is 13.7. The largest absolute Gasteiger partial charge is 0.377 e. The van der Waals surface area contributed by atoms with Gasteiger partial charge in [0.2, 0.25) is 5.91 Å². The predicted molar refractivity (Wildman–Crippen MR) is 82.7 cm³/mol. The lowest BCUT2D eigenvalue weighted by Crippen LogP contribution is -2.21. The van der Waals surface area contributed by atoms with Gasteiger partial charge in [0, 0.05) is 5.02 Å². The van der Waals surface area contributed by atoms with E-state index in [1.807, 2.05) is 0 Å². The molecule has 0 heterocycles. The third-order valence-corrected chi connectivity index (χ3v) is 3.35. The minimum absolute atomic E-state index is 0.0122. The number of carbonyl (C=O) groups is 1. The van der Waals surface area contributed by atoms with Crippen molar-refractivity contribution in [2.75, 3.05) is 5.32 Å². The number of anilines is 1. The molecule has 0 fully saturated rings. The van der Waals surface area contributed by atoms with Gasteiger partial charge in [0.1, 0.15) is 17.4 Å². The molecule has 1 amide bonds. The van der Waals surface area contributed by atoms with Crippen LogP contribution in [0.3, 0.4) is 0 Å². The molecule has 22 heavy (non-hydrogen) atoms. The summed E-state index contributed by atoms with van der Waals surface area (Å²) in [6.07, 6.45) is -0.0122. The number of primary amides is 1. The molecule has 0 aliphatic heterocycles. The second kappa shape index (κ2) is 6.92. The molecule has 0 saturated carbocycles. The number of nitrogens with zero attached hydrogens (tertiary/aromatic N) is 1. The highest BCUT2D eigenvalue weighted by atomic mass is 35.5. The van der Waals surface area contributed by atoms with Crippen LogP contribution in [-0.2, 0) is 4.79 Å². The Labute approximate surface area is 132 Å². The van der Waals surface area contributed by atoms with E-state index in [2.05, 4.69) is 5.32 Å². The van der Waals surface area contributed by atoms with E-state index in [-0.39, 0.29) is 12.0 Å². The summed E-state index contributed by atoms with van der Waals surface area (Å²) >= 11 is 5.96. The van der Waals surface area contributed by atoms with Gasteiger partial charge in [0.25, 0.3) is 0 Å². The topological polar surface area (TPSA) is 78.9 Å². The third kappa shape index (κ3) is 3.74. The standard InChI is InChI=1S/C16H13ClFN3O/c17-11-4-1-3-10(7-11)15(8-16(20)22)21-14-6-2-5-13(18)12(14)9-19/h1-7,15,21H,8H2,(H2,20,22)/t15-/m1/s1. The zero-order valence-electron chi connectivity index (χ0n) is 11.5. The van der Waals surface area contributed by atoms with Crippen molar-refractivity contribution in [3.8, 4) is 6.07 Å². The minimum atomic E-state index is -0.628. The number of hydrogen-bond acceptors (Lipinski definition) is 3. The van der Waals surface area contributed by atoms with Crippen LogP contribution in [0.1, 0.15) is 23.6 Å². The fourth-order valence-electron chi connectivity index (χ4n) is 2.12. The van der Waals surface area contributed by atoms with E-state index >= 15 is 0 Å². The first-order valence-electron chi connectivity index (χ1n) is 6.50. The molecule has 0 aromatic heterocycles. The maximum atomic E-state index is 13.7. The predicted octanol–water partition coefficient (Wildman–Crippen LogP) is 3.38. The molecule has 3 N–H and O–H groups in total. The van der Waals surface area contributed by atoms with E-state index in [9.17, 15) is 9.18 Å². The average Bonchev–Trinajstić information content (AvgIpc) is 2.46. The van der Waals surface area contributed by atoms with Crippen molar-refractivity contribution in [1.82, 2.24) is 0 Å². The van der Waals surface area contributed by atoms with Crippen molar-refractivity contribution in [1.29, 1.82) is 5.26 Å². The van der Waals surface area contributed by atoms with Crippen molar-refractivity contribution < 1.29 is 9.18 Å². The molecule has 0 aliphatic carbocycles. The maximum Gasteiger partial charge on any atom is 0.219 e. The molecule has 4 nitrogen and oxygen atoms in total. The van der Waals surface area contributed by atoms with Gasteiger partial charge in [-0.05, 0) is 29.8 Å². The minimum Gasteiger partial charge on any atom is -0.377 e. The van der Waals surface area contributed by atoms with E-state index in [0.29, 0.717) is 10.7 Å². The number of halogens is 2. The van der Waals surface area contributed by atoms with Crippen molar-refractivity contribution in [3.63, 3.8) is 0 Å². The highest BCUT2D eigenvalue weighted by Gasteiger charge is 2.17. The molecule has 0 bridgehead atoms. The number of nitrogens with one attached hydrogen (secondary N) is 1. The highest BCUT2D eigenvalue weighted by Crippen LogP contribution is 2.27. The Bertz CT molecular complexity index is 742. The monoisotopic (exact) mass is 317 g/mol. The van der Waals surface area contributed by atoms with Crippen molar-refractivity contribution >= 4 is 23.2 Å². The van der Waals surface area contributed by atoms with Gasteiger partial charge in [-0.2, -0.15) is 5.26 Å².